The lowest BCUT2D eigenvalue weighted by atomic mass is 10.0. The van der Waals surface area contributed by atoms with E-state index in [0.29, 0.717) is 18.8 Å². The number of hydrogen-bond donors (Lipinski definition) is 0. The Hall–Kier alpha value is -2.80. The summed E-state index contributed by atoms with van der Waals surface area (Å²) in [6.07, 6.45) is 3.64. The molecule has 1 amide bonds. The number of amides is 1. The number of ether oxygens (including phenoxy) is 2. The summed E-state index contributed by atoms with van der Waals surface area (Å²) in [5.41, 5.74) is 2.02. The van der Waals surface area contributed by atoms with E-state index in [1.165, 1.54) is 0 Å². The lowest BCUT2D eigenvalue weighted by Gasteiger charge is -2.38. The Labute approximate surface area is 159 Å². The summed E-state index contributed by atoms with van der Waals surface area (Å²) in [4.78, 5) is 23.6. The minimum absolute atomic E-state index is 0.115. The molecule has 1 atom stereocenters. The summed E-state index contributed by atoms with van der Waals surface area (Å²) in [7, 11) is 3.86. The summed E-state index contributed by atoms with van der Waals surface area (Å²) in [5, 5.41) is 0. The van der Waals surface area contributed by atoms with Crippen LogP contribution in [0.3, 0.4) is 0 Å². The normalized spacial score (nSPS) is 17.3. The van der Waals surface area contributed by atoms with Gasteiger partial charge in [-0.3, -0.25) is 14.7 Å². The lowest BCUT2D eigenvalue weighted by molar-refractivity contribution is -0.136. The SMILES string of the molecule is CN(C)C(C(=O)N1CCN(c2cccnc2)CC1)c1ccc2c(c1)OCO2. The van der Waals surface area contributed by atoms with Gasteiger partial charge in [-0.1, -0.05) is 6.07 Å². The third-order valence-electron chi connectivity index (χ3n) is 5.07. The molecule has 1 unspecified atom stereocenters. The molecule has 3 heterocycles. The van der Waals surface area contributed by atoms with Crippen LogP contribution in [-0.4, -0.2) is 67.8 Å². The van der Waals surface area contributed by atoms with Gasteiger partial charge in [0.2, 0.25) is 12.7 Å². The maximum absolute atomic E-state index is 13.3. The van der Waals surface area contributed by atoms with Crippen molar-refractivity contribution in [1.82, 2.24) is 14.8 Å². The van der Waals surface area contributed by atoms with Crippen molar-refractivity contribution in [2.24, 2.45) is 0 Å². The van der Waals surface area contributed by atoms with Crippen LogP contribution in [-0.2, 0) is 4.79 Å². The predicted molar refractivity (Wildman–Crippen MR) is 102 cm³/mol. The van der Waals surface area contributed by atoms with E-state index in [1.54, 1.807) is 6.20 Å². The Morgan fingerprint density at radius 3 is 2.59 bits per heavy atom. The average Bonchev–Trinajstić information content (AvgIpc) is 3.16. The Balaban J connectivity index is 1.47. The molecule has 0 radical (unpaired) electrons. The molecule has 7 heteroatoms. The number of aromatic nitrogens is 1. The van der Waals surface area contributed by atoms with Gasteiger partial charge in [0, 0.05) is 32.4 Å². The summed E-state index contributed by atoms with van der Waals surface area (Å²) in [5.74, 6) is 1.55. The van der Waals surface area contributed by atoms with Crippen molar-refractivity contribution in [3.63, 3.8) is 0 Å². The monoisotopic (exact) mass is 368 g/mol. The van der Waals surface area contributed by atoms with E-state index >= 15 is 0 Å². The molecule has 0 bridgehead atoms. The van der Waals surface area contributed by atoms with E-state index in [1.807, 2.05) is 54.4 Å². The third kappa shape index (κ3) is 3.55. The Morgan fingerprint density at radius 1 is 1.11 bits per heavy atom. The highest BCUT2D eigenvalue weighted by Crippen LogP contribution is 2.35. The first kappa shape index (κ1) is 17.6. The number of fused-ring (bicyclic) bond motifs is 1. The quantitative estimate of drug-likeness (QED) is 0.820. The number of anilines is 1. The first-order valence-electron chi connectivity index (χ1n) is 9.13. The van der Waals surface area contributed by atoms with Crippen molar-refractivity contribution in [2.75, 3.05) is 52.0 Å². The first-order valence-corrected chi connectivity index (χ1v) is 9.13. The van der Waals surface area contributed by atoms with Crippen LogP contribution in [0.5, 0.6) is 11.5 Å². The van der Waals surface area contributed by atoms with Gasteiger partial charge in [-0.15, -0.1) is 0 Å². The van der Waals surface area contributed by atoms with Crippen molar-refractivity contribution in [3.05, 3.63) is 48.3 Å². The van der Waals surface area contributed by atoms with Gasteiger partial charge in [0.1, 0.15) is 6.04 Å². The highest BCUT2D eigenvalue weighted by Gasteiger charge is 2.31. The van der Waals surface area contributed by atoms with Crippen molar-refractivity contribution in [3.8, 4) is 11.5 Å². The number of hydrogen-bond acceptors (Lipinski definition) is 6. The van der Waals surface area contributed by atoms with Crippen LogP contribution < -0.4 is 14.4 Å². The zero-order chi connectivity index (χ0) is 18.8. The second kappa shape index (κ2) is 7.44. The van der Waals surface area contributed by atoms with E-state index < -0.39 is 0 Å². The number of carbonyl (C=O) groups excluding carboxylic acids is 1. The zero-order valence-electron chi connectivity index (χ0n) is 15.7. The fraction of sp³-hybridized carbons (Fsp3) is 0.400. The molecule has 2 aromatic rings. The maximum atomic E-state index is 13.3. The zero-order valence-corrected chi connectivity index (χ0v) is 15.7. The van der Waals surface area contributed by atoms with Crippen LogP contribution in [0.1, 0.15) is 11.6 Å². The number of benzene rings is 1. The number of pyridine rings is 1. The van der Waals surface area contributed by atoms with Gasteiger partial charge < -0.3 is 19.3 Å². The second-order valence-corrected chi connectivity index (χ2v) is 7.00. The predicted octanol–water partition coefficient (Wildman–Crippen LogP) is 1.76. The van der Waals surface area contributed by atoms with E-state index in [-0.39, 0.29) is 18.7 Å². The fourth-order valence-corrected chi connectivity index (χ4v) is 3.64. The Bertz CT molecular complexity index is 804. The molecule has 27 heavy (non-hydrogen) atoms. The molecule has 0 saturated carbocycles. The molecule has 1 aromatic heterocycles. The van der Waals surface area contributed by atoms with Gasteiger partial charge in [-0.2, -0.15) is 0 Å². The van der Waals surface area contributed by atoms with Gasteiger partial charge in [0.15, 0.2) is 11.5 Å². The topological polar surface area (TPSA) is 58.1 Å². The van der Waals surface area contributed by atoms with Crippen molar-refractivity contribution < 1.29 is 14.3 Å². The number of likely N-dealkylation sites (N-methyl/N-ethyl adjacent to an activating group) is 1. The maximum Gasteiger partial charge on any atom is 0.244 e. The van der Waals surface area contributed by atoms with Crippen molar-refractivity contribution in [1.29, 1.82) is 0 Å². The van der Waals surface area contributed by atoms with Crippen LogP contribution in [0, 0.1) is 0 Å². The Kier molecular flexibility index (Phi) is 4.85. The summed E-state index contributed by atoms with van der Waals surface area (Å²) >= 11 is 0. The highest BCUT2D eigenvalue weighted by atomic mass is 16.7. The van der Waals surface area contributed by atoms with Crippen molar-refractivity contribution >= 4 is 11.6 Å². The minimum atomic E-state index is -0.343. The molecule has 1 aromatic carbocycles. The van der Waals surface area contributed by atoms with Crippen LogP contribution in [0.15, 0.2) is 42.7 Å². The molecule has 4 rings (SSSR count). The summed E-state index contributed by atoms with van der Waals surface area (Å²) < 4.78 is 10.9. The molecule has 142 valence electrons. The van der Waals surface area contributed by atoms with Gasteiger partial charge in [-0.05, 0) is 43.9 Å². The third-order valence-corrected chi connectivity index (χ3v) is 5.07. The fourth-order valence-electron chi connectivity index (χ4n) is 3.64. The number of piperazine rings is 1. The van der Waals surface area contributed by atoms with Crippen LogP contribution >= 0.6 is 0 Å². The van der Waals surface area contributed by atoms with Crippen LogP contribution in [0.4, 0.5) is 5.69 Å². The molecule has 0 aliphatic carbocycles. The molecule has 7 nitrogen and oxygen atoms in total. The molecular formula is C20H24N4O3. The standard InChI is InChI=1S/C20H24N4O3/c1-22(2)19(15-5-6-17-18(12-15)27-14-26-17)20(25)24-10-8-23(9-11-24)16-4-3-7-21-13-16/h3-7,12-13,19H,8-11,14H2,1-2H3. The highest BCUT2D eigenvalue weighted by molar-refractivity contribution is 5.84. The van der Waals surface area contributed by atoms with Crippen LogP contribution in [0.25, 0.3) is 0 Å². The van der Waals surface area contributed by atoms with E-state index in [9.17, 15) is 4.79 Å². The second-order valence-electron chi connectivity index (χ2n) is 7.00. The van der Waals surface area contributed by atoms with Crippen LogP contribution in [0.2, 0.25) is 0 Å². The first-order chi connectivity index (χ1) is 13.1. The summed E-state index contributed by atoms with van der Waals surface area (Å²) in [6.45, 7) is 3.23. The molecular weight excluding hydrogens is 344 g/mol. The Morgan fingerprint density at radius 2 is 1.89 bits per heavy atom. The van der Waals surface area contributed by atoms with Gasteiger partial charge >= 0.3 is 0 Å². The minimum Gasteiger partial charge on any atom is -0.454 e. The smallest absolute Gasteiger partial charge is 0.244 e. The van der Waals surface area contributed by atoms with E-state index in [4.69, 9.17) is 9.47 Å². The number of carbonyl (C=O) groups is 1. The molecule has 1 fully saturated rings. The van der Waals surface area contributed by atoms with Gasteiger partial charge in [-0.25, -0.2) is 0 Å². The number of rotatable bonds is 4. The van der Waals surface area contributed by atoms with Gasteiger partial charge in [0.05, 0.1) is 11.9 Å². The largest absolute Gasteiger partial charge is 0.454 e. The molecule has 2 aliphatic rings. The molecule has 0 N–H and O–H groups in total. The lowest BCUT2D eigenvalue weighted by Crippen LogP contribution is -2.51. The summed E-state index contributed by atoms with van der Waals surface area (Å²) in [6, 6.07) is 9.39. The van der Waals surface area contributed by atoms with E-state index in [2.05, 4.69) is 16.0 Å². The van der Waals surface area contributed by atoms with Crippen molar-refractivity contribution in [2.45, 2.75) is 6.04 Å². The molecule has 2 aliphatic heterocycles. The van der Waals surface area contributed by atoms with E-state index in [0.717, 1.165) is 30.1 Å². The van der Waals surface area contributed by atoms with Gasteiger partial charge in [0.25, 0.3) is 0 Å². The average molecular weight is 368 g/mol. The molecule has 1 saturated heterocycles. The molecule has 0 spiro atoms. The number of nitrogens with zero attached hydrogens (tertiary/aromatic N) is 4.